The summed E-state index contributed by atoms with van der Waals surface area (Å²) in [6.45, 7) is 10.7. The smallest absolute Gasteiger partial charge is 0.408 e. The van der Waals surface area contributed by atoms with Crippen LogP contribution in [0.15, 0.2) is 42.6 Å². The average molecular weight is 896 g/mol. The third-order valence-electron chi connectivity index (χ3n) is 11.5. The SMILES string of the molecule is C[C@@H]1C[C@H](N(C)CCI)[C@@H](O)[C@H](O[C@@H]2[C@@H](C)C(=O)[C@](C)(F)C(=O)OC[C@@]3(C)OC(=O)N[C@@H]3[C@@H](C)C(=O)[C@H](C)C[C@@]2(C)OC/C=C/c2cnc3ccccc3c2)O1. The van der Waals surface area contributed by atoms with Crippen molar-refractivity contribution >= 4 is 63.2 Å². The van der Waals surface area contributed by atoms with Crippen molar-refractivity contribution in [1.29, 1.82) is 0 Å². The first kappa shape index (κ1) is 44.0. The van der Waals surface area contributed by atoms with Crippen LogP contribution in [-0.2, 0) is 38.1 Å². The van der Waals surface area contributed by atoms with Gasteiger partial charge in [-0.1, -0.05) is 73.7 Å². The third kappa shape index (κ3) is 9.44. The van der Waals surface area contributed by atoms with Crippen molar-refractivity contribution < 1.29 is 52.4 Å². The molecule has 1 amide bonds. The fourth-order valence-corrected chi connectivity index (χ4v) is 9.12. The number of carbonyl (C=O) groups is 4. The maximum atomic E-state index is 16.6. The second-order valence-corrected chi connectivity index (χ2v) is 17.3. The van der Waals surface area contributed by atoms with Gasteiger partial charge in [0.05, 0.1) is 36.0 Å². The molecule has 3 aliphatic heterocycles. The highest BCUT2D eigenvalue weighted by Crippen LogP contribution is 2.40. The number of ether oxygens (including phenoxy) is 5. The maximum absolute atomic E-state index is 16.6. The van der Waals surface area contributed by atoms with Gasteiger partial charge in [0.25, 0.3) is 5.67 Å². The lowest BCUT2D eigenvalue weighted by molar-refractivity contribution is -0.297. The van der Waals surface area contributed by atoms with E-state index in [9.17, 15) is 24.3 Å². The number of amides is 1. The van der Waals surface area contributed by atoms with Crippen LogP contribution in [0.3, 0.4) is 0 Å². The van der Waals surface area contributed by atoms with Crippen LogP contribution in [0.1, 0.15) is 66.9 Å². The molecular weight excluding hydrogens is 840 g/mol. The summed E-state index contributed by atoms with van der Waals surface area (Å²) in [6.07, 6.45) is 0.788. The molecule has 0 unspecified atom stereocenters. The summed E-state index contributed by atoms with van der Waals surface area (Å²) in [6, 6.07) is 8.38. The van der Waals surface area contributed by atoms with Gasteiger partial charge in [0.15, 0.2) is 17.7 Å². The van der Waals surface area contributed by atoms with Gasteiger partial charge >= 0.3 is 12.1 Å². The number of pyridine rings is 1. The number of halogens is 2. The lowest BCUT2D eigenvalue weighted by atomic mass is 9.74. The highest BCUT2D eigenvalue weighted by molar-refractivity contribution is 14.1. The molecule has 0 spiro atoms. The van der Waals surface area contributed by atoms with E-state index in [1.807, 2.05) is 55.3 Å². The van der Waals surface area contributed by atoms with Gasteiger partial charge in [-0.05, 0) is 65.3 Å². The van der Waals surface area contributed by atoms with Gasteiger partial charge in [-0.25, -0.2) is 14.0 Å². The largest absolute Gasteiger partial charge is 0.459 e. The number of likely N-dealkylation sites (N-methyl/N-ethyl adjacent to an activating group) is 1. The number of aliphatic hydroxyl groups is 1. The van der Waals surface area contributed by atoms with Gasteiger partial charge in [-0.15, -0.1) is 0 Å². The molecule has 1 aromatic carbocycles. The van der Waals surface area contributed by atoms with Crippen LogP contribution in [-0.4, -0.2) is 123 Å². The van der Waals surface area contributed by atoms with Gasteiger partial charge in [0.1, 0.15) is 18.5 Å². The van der Waals surface area contributed by atoms with E-state index in [0.717, 1.165) is 27.8 Å². The fraction of sp³-hybridized carbons (Fsp3) is 0.634. The summed E-state index contributed by atoms with van der Waals surface area (Å²) < 4.78 is 47.7. The molecular formula is C41H55FIN3O10. The Labute approximate surface area is 341 Å². The summed E-state index contributed by atoms with van der Waals surface area (Å²) >= 11 is 2.26. The zero-order valence-electron chi connectivity index (χ0n) is 33.3. The van der Waals surface area contributed by atoms with Crippen molar-refractivity contribution in [2.24, 2.45) is 17.8 Å². The summed E-state index contributed by atoms with van der Waals surface area (Å²) in [5, 5.41) is 15.3. The number of fused-ring (bicyclic) bond motifs is 2. The fourth-order valence-electron chi connectivity index (χ4n) is 8.36. The summed E-state index contributed by atoms with van der Waals surface area (Å²) in [4.78, 5) is 61.0. The number of Topliss-reactive ketones (excluding diaryl/α,β-unsaturated/α-hetero) is 2. The average Bonchev–Trinajstić information content (AvgIpc) is 3.47. The number of nitrogens with zero attached hydrogens (tertiary/aromatic N) is 2. The highest BCUT2D eigenvalue weighted by Gasteiger charge is 2.57. The molecule has 5 rings (SSSR count). The van der Waals surface area contributed by atoms with Crippen LogP contribution in [0.5, 0.6) is 0 Å². The number of alkyl carbamates (subject to hydrolysis) is 1. The number of nitrogens with one attached hydrogen (secondary N) is 1. The molecule has 0 saturated carbocycles. The van der Waals surface area contributed by atoms with Crippen LogP contribution in [0.4, 0.5) is 9.18 Å². The number of benzene rings is 1. The Morgan fingerprint density at radius 2 is 1.82 bits per heavy atom. The minimum absolute atomic E-state index is 0.0357. The van der Waals surface area contributed by atoms with Crippen molar-refractivity contribution in [1.82, 2.24) is 15.2 Å². The first-order valence-corrected chi connectivity index (χ1v) is 20.7. The lowest BCUT2D eigenvalue weighted by Gasteiger charge is -2.47. The second kappa shape index (κ2) is 17.8. The number of aliphatic hydroxyl groups excluding tert-OH is 1. The number of cyclic esters (lactones) is 1. The van der Waals surface area contributed by atoms with E-state index in [-0.39, 0.29) is 31.0 Å². The van der Waals surface area contributed by atoms with Crippen molar-refractivity contribution in [2.45, 2.75) is 115 Å². The van der Waals surface area contributed by atoms with Crippen molar-refractivity contribution in [3.05, 3.63) is 48.2 Å². The van der Waals surface area contributed by atoms with E-state index in [1.54, 1.807) is 33.0 Å². The molecule has 308 valence electrons. The maximum Gasteiger partial charge on any atom is 0.408 e. The highest BCUT2D eigenvalue weighted by atomic mass is 127. The van der Waals surface area contributed by atoms with Crippen LogP contribution < -0.4 is 5.32 Å². The van der Waals surface area contributed by atoms with E-state index >= 15 is 4.39 Å². The summed E-state index contributed by atoms with van der Waals surface area (Å²) in [5.74, 6) is -5.92. The molecule has 2 aromatic rings. The van der Waals surface area contributed by atoms with Crippen LogP contribution in [0.25, 0.3) is 17.0 Å². The standard InChI is InChI=1S/C41H55FIN3O10/c1-23-20-39(5,53-17-11-12-27-19-28-13-9-10-14-29(28)44-21-27)35(55-36-32(48)30(18-24(2)54-36)46(8)16-15-43)26(4)34(49)41(7,42)37(50)52-22-40(6)33(25(3)31(23)47)45-38(51)56-40/h9-14,19,21,23-26,30,32-33,35-36,48H,15-18,20,22H2,1-8H3,(H,45,51)/b12-11+/t23-,24-,25+,26+,30+,32-,33-,35-,36+,39-,40-,41+/m1/s1. The minimum atomic E-state index is -3.17. The van der Waals surface area contributed by atoms with Gasteiger partial charge in [0.2, 0.25) is 0 Å². The Hall–Kier alpha value is -3.09. The quantitative estimate of drug-likeness (QED) is 0.146. The molecule has 3 fully saturated rings. The molecule has 0 radical (unpaired) electrons. The number of carbonyl (C=O) groups excluding carboxylic acids is 4. The number of rotatable bonds is 9. The normalized spacial score (nSPS) is 37.6. The van der Waals surface area contributed by atoms with E-state index in [4.69, 9.17) is 23.7 Å². The first-order chi connectivity index (χ1) is 26.3. The predicted molar refractivity (Wildman–Crippen MR) is 215 cm³/mol. The molecule has 15 heteroatoms. The number of hydrogen-bond donors (Lipinski definition) is 2. The monoisotopic (exact) mass is 895 g/mol. The topological polar surface area (TPSA) is 163 Å². The van der Waals surface area contributed by atoms with Gasteiger partial charge in [0, 0.05) is 46.4 Å². The van der Waals surface area contributed by atoms with Gasteiger partial charge < -0.3 is 34.1 Å². The third-order valence-corrected chi connectivity index (χ3v) is 12.0. The molecule has 2 N–H and O–H groups in total. The lowest BCUT2D eigenvalue weighted by Crippen LogP contribution is -2.61. The molecule has 56 heavy (non-hydrogen) atoms. The van der Waals surface area contributed by atoms with Crippen LogP contribution in [0, 0.1) is 17.8 Å². The van der Waals surface area contributed by atoms with E-state index in [0.29, 0.717) is 13.0 Å². The van der Waals surface area contributed by atoms with Gasteiger partial charge in [-0.2, -0.15) is 0 Å². The molecule has 1 aromatic heterocycles. The minimum Gasteiger partial charge on any atom is -0.459 e. The predicted octanol–water partition coefficient (Wildman–Crippen LogP) is 5.23. The Kier molecular flexibility index (Phi) is 14.0. The summed E-state index contributed by atoms with van der Waals surface area (Å²) in [5.41, 5.74) is -4.59. The first-order valence-electron chi connectivity index (χ1n) is 19.2. The molecule has 4 heterocycles. The number of aromatic nitrogens is 1. The summed E-state index contributed by atoms with van der Waals surface area (Å²) in [7, 11) is 1.90. The van der Waals surface area contributed by atoms with E-state index < -0.39 is 83.6 Å². The Morgan fingerprint density at radius 1 is 1.11 bits per heavy atom. The van der Waals surface area contributed by atoms with Crippen molar-refractivity contribution in [3.8, 4) is 0 Å². The Morgan fingerprint density at radius 3 is 2.54 bits per heavy atom. The molecule has 3 aliphatic rings. The van der Waals surface area contributed by atoms with E-state index in [2.05, 4.69) is 32.9 Å². The molecule has 0 bridgehead atoms. The zero-order valence-corrected chi connectivity index (χ0v) is 35.5. The number of hydrogen-bond acceptors (Lipinski definition) is 12. The molecule has 0 aliphatic carbocycles. The van der Waals surface area contributed by atoms with Crippen molar-refractivity contribution in [2.75, 3.05) is 31.2 Å². The van der Waals surface area contributed by atoms with E-state index in [1.165, 1.54) is 13.8 Å². The molecule has 13 nitrogen and oxygen atoms in total. The van der Waals surface area contributed by atoms with Gasteiger partial charge in [-0.3, -0.25) is 19.5 Å². The Balaban J connectivity index is 1.56. The second-order valence-electron chi connectivity index (χ2n) is 16.2. The number of alkyl halides is 2. The zero-order chi connectivity index (χ0) is 41.2. The number of ketones is 2. The number of para-hydroxylation sites is 1. The Bertz CT molecular complexity index is 1800. The van der Waals surface area contributed by atoms with Crippen LogP contribution in [0.2, 0.25) is 0 Å². The molecule has 12 atom stereocenters. The molecule has 3 saturated heterocycles. The number of esters is 1. The van der Waals surface area contributed by atoms with Crippen LogP contribution >= 0.6 is 22.6 Å². The van der Waals surface area contributed by atoms with Crippen molar-refractivity contribution in [3.63, 3.8) is 0 Å².